The van der Waals surface area contributed by atoms with Gasteiger partial charge in [-0.1, -0.05) is 42.5 Å². The topological polar surface area (TPSA) is 101 Å². The minimum atomic E-state index is -4.06. The Bertz CT molecular complexity index is 1330. The summed E-state index contributed by atoms with van der Waals surface area (Å²) in [6.07, 6.45) is 0. The Labute approximate surface area is 184 Å². The monoisotopic (exact) mass is 452 g/mol. The molecule has 0 radical (unpaired) electrons. The summed E-state index contributed by atoms with van der Waals surface area (Å²) in [5.74, 6) is -0.483. The van der Waals surface area contributed by atoms with Gasteiger partial charge < -0.3 is 5.32 Å². The first-order valence-corrected chi connectivity index (χ1v) is 11.7. The first kappa shape index (κ1) is 21.1. The standard InChI is InChI=1S/C22H20N4O3S2/c1-14-11-15(2)13-17(12-14)23-22(27)20(16-7-4-3-5-8-16)26-31(28,29)19-10-6-9-18-21(19)25-30-24-18/h3-13,20,26H,1-2H3,(H,23,27)/t20-/m1/s1. The molecule has 0 fully saturated rings. The Balaban J connectivity index is 1.70. The zero-order valence-electron chi connectivity index (χ0n) is 16.9. The van der Waals surface area contributed by atoms with Crippen LogP contribution in [-0.4, -0.2) is 23.1 Å². The van der Waals surface area contributed by atoms with Crippen molar-refractivity contribution in [3.63, 3.8) is 0 Å². The van der Waals surface area contributed by atoms with Gasteiger partial charge in [-0.25, -0.2) is 8.42 Å². The molecule has 0 spiro atoms. The number of amides is 1. The summed E-state index contributed by atoms with van der Waals surface area (Å²) in [6, 6.07) is 18.0. The van der Waals surface area contributed by atoms with Crippen molar-refractivity contribution >= 4 is 44.4 Å². The van der Waals surface area contributed by atoms with Crippen molar-refractivity contribution in [1.29, 1.82) is 0 Å². The van der Waals surface area contributed by atoms with Crippen LogP contribution in [0.4, 0.5) is 5.69 Å². The number of nitrogens with zero attached hydrogens (tertiary/aromatic N) is 2. The van der Waals surface area contributed by atoms with Crippen LogP contribution in [0, 0.1) is 13.8 Å². The van der Waals surface area contributed by atoms with Gasteiger partial charge in [-0.05, 0) is 54.8 Å². The highest BCUT2D eigenvalue weighted by Crippen LogP contribution is 2.25. The second kappa shape index (κ2) is 8.54. The Morgan fingerprint density at radius 1 is 0.935 bits per heavy atom. The molecule has 0 aliphatic carbocycles. The molecule has 2 N–H and O–H groups in total. The molecule has 4 rings (SSSR count). The summed E-state index contributed by atoms with van der Waals surface area (Å²) in [7, 11) is -4.06. The highest BCUT2D eigenvalue weighted by Gasteiger charge is 2.29. The van der Waals surface area contributed by atoms with Crippen molar-refractivity contribution in [1.82, 2.24) is 13.5 Å². The lowest BCUT2D eigenvalue weighted by Crippen LogP contribution is -2.37. The third-order valence-electron chi connectivity index (χ3n) is 4.70. The van der Waals surface area contributed by atoms with Gasteiger partial charge in [-0.15, -0.1) is 0 Å². The van der Waals surface area contributed by atoms with E-state index >= 15 is 0 Å². The Morgan fingerprint density at radius 2 is 1.65 bits per heavy atom. The Kier molecular flexibility index (Phi) is 5.81. The Morgan fingerprint density at radius 3 is 2.35 bits per heavy atom. The van der Waals surface area contributed by atoms with Crippen LogP contribution in [0.15, 0.2) is 71.6 Å². The van der Waals surface area contributed by atoms with Crippen LogP contribution < -0.4 is 10.0 Å². The van der Waals surface area contributed by atoms with Gasteiger partial charge >= 0.3 is 0 Å². The predicted octanol–water partition coefficient (Wildman–Crippen LogP) is 3.97. The smallest absolute Gasteiger partial charge is 0.247 e. The minimum Gasteiger partial charge on any atom is -0.324 e. The highest BCUT2D eigenvalue weighted by atomic mass is 32.2. The third-order valence-corrected chi connectivity index (χ3v) is 6.69. The Hall–Kier alpha value is -3.14. The normalized spacial score (nSPS) is 12.6. The lowest BCUT2D eigenvalue weighted by Gasteiger charge is -2.19. The number of rotatable bonds is 6. The van der Waals surface area contributed by atoms with Gasteiger partial charge in [0, 0.05) is 5.69 Å². The largest absolute Gasteiger partial charge is 0.324 e. The predicted molar refractivity (Wildman–Crippen MR) is 121 cm³/mol. The third kappa shape index (κ3) is 4.63. The van der Waals surface area contributed by atoms with Crippen LogP contribution in [0.3, 0.4) is 0 Å². The summed E-state index contributed by atoms with van der Waals surface area (Å²) in [4.78, 5) is 13.2. The SMILES string of the molecule is Cc1cc(C)cc(NC(=O)[C@H](NS(=O)(=O)c2cccc3nsnc23)c2ccccc2)c1. The van der Waals surface area contributed by atoms with Gasteiger partial charge in [0.1, 0.15) is 22.0 Å². The van der Waals surface area contributed by atoms with Gasteiger partial charge in [0.05, 0.1) is 11.7 Å². The first-order valence-electron chi connectivity index (χ1n) is 9.51. The lowest BCUT2D eigenvalue weighted by molar-refractivity contribution is -0.117. The zero-order valence-corrected chi connectivity index (χ0v) is 18.5. The number of hydrogen-bond donors (Lipinski definition) is 2. The van der Waals surface area contributed by atoms with E-state index in [-0.39, 0.29) is 10.4 Å². The average molecular weight is 453 g/mol. The van der Waals surface area contributed by atoms with Crippen molar-refractivity contribution in [2.75, 3.05) is 5.32 Å². The molecule has 9 heteroatoms. The number of carbonyl (C=O) groups excluding carboxylic acids is 1. The number of aromatic nitrogens is 2. The van der Waals surface area contributed by atoms with Crippen molar-refractivity contribution in [3.05, 3.63) is 83.4 Å². The van der Waals surface area contributed by atoms with Gasteiger partial charge in [0.15, 0.2) is 0 Å². The van der Waals surface area contributed by atoms with Crippen LogP contribution in [-0.2, 0) is 14.8 Å². The maximum atomic E-state index is 13.2. The molecule has 0 saturated heterocycles. The van der Waals surface area contributed by atoms with E-state index in [0.29, 0.717) is 16.8 Å². The molecular weight excluding hydrogens is 432 g/mol. The number of nitrogens with one attached hydrogen (secondary N) is 2. The first-order chi connectivity index (χ1) is 14.8. The number of carbonyl (C=O) groups is 1. The van der Waals surface area contributed by atoms with E-state index < -0.39 is 22.0 Å². The van der Waals surface area contributed by atoms with Crippen molar-refractivity contribution in [2.24, 2.45) is 0 Å². The molecule has 4 aromatic rings. The van der Waals surface area contributed by atoms with Crippen LogP contribution in [0.5, 0.6) is 0 Å². The zero-order chi connectivity index (χ0) is 22.0. The van der Waals surface area contributed by atoms with E-state index in [1.165, 1.54) is 6.07 Å². The number of benzene rings is 3. The molecule has 31 heavy (non-hydrogen) atoms. The molecule has 1 amide bonds. The molecule has 1 atom stereocenters. The highest BCUT2D eigenvalue weighted by molar-refractivity contribution is 7.89. The quantitative estimate of drug-likeness (QED) is 0.461. The summed E-state index contributed by atoms with van der Waals surface area (Å²) in [5, 5.41) is 2.84. The van der Waals surface area contributed by atoms with Crippen LogP contribution >= 0.6 is 11.7 Å². The number of anilines is 1. The molecule has 0 unspecified atom stereocenters. The van der Waals surface area contributed by atoms with E-state index in [0.717, 1.165) is 22.9 Å². The molecule has 0 aliphatic rings. The average Bonchev–Trinajstić information content (AvgIpc) is 3.20. The van der Waals surface area contributed by atoms with Crippen molar-refractivity contribution in [2.45, 2.75) is 24.8 Å². The molecule has 0 aliphatic heterocycles. The second-order valence-electron chi connectivity index (χ2n) is 7.22. The van der Waals surface area contributed by atoms with Gasteiger partial charge in [0.2, 0.25) is 15.9 Å². The molecule has 158 valence electrons. The fourth-order valence-electron chi connectivity index (χ4n) is 3.40. The van der Waals surface area contributed by atoms with E-state index in [2.05, 4.69) is 18.8 Å². The molecule has 1 aromatic heterocycles. The summed E-state index contributed by atoms with van der Waals surface area (Å²) in [5.41, 5.74) is 3.89. The maximum Gasteiger partial charge on any atom is 0.247 e. The van der Waals surface area contributed by atoms with Crippen molar-refractivity contribution in [3.8, 4) is 0 Å². The van der Waals surface area contributed by atoms with E-state index in [1.54, 1.807) is 42.5 Å². The maximum absolute atomic E-state index is 13.2. The van der Waals surface area contributed by atoms with E-state index in [4.69, 9.17) is 0 Å². The van der Waals surface area contributed by atoms with Gasteiger partial charge in [-0.3, -0.25) is 4.79 Å². The fraction of sp³-hybridized carbons (Fsp3) is 0.136. The molecule has 0 saturated carbocycles. The molecular formula is C22H20N4O3S2. The van der Waals surface area contributed by atoms with Crippen LogP contribution in [0.1, 0.15) is 22.7 Å². The van der Waals surface area contributed by atoms with Crippen LogP contribution in [0.25, 0.3) is 11.0 Å². The molecule has 3 aromatic carbocycles. The lowest BCUT2D eigenvalue weighted by atomic mass is 10.1. The van der Waals surface area contributed by atoms with Gasteiger partial charge in [-0.2, -0.15) is 13.5 Å². The van der Waals surface area contributed by atoms with Crippen molar-refractivity contribution < 1.29 is 13.2 Å². The summed E-state index contributed by atoms with van der Waals surface area (Å²) < 4.78 is 37.2. The summed E-state index contributed by atoms with van der Waals surface area (Å²) in [6.45, 7) is 3.87. The van der Waals surface area contributed by atoms with Gasteiger partial charge in [0.25, 0.3) is 0 Å². The summed E-state index contributed by atoms with van der Waals surface area (Å²) >= 11 is 0.938. The van der Waals surface area contributed by atoms with E-state index in [1.807, 2.05) is 32.0 Å². The van der Waals surface area contributed by atoms with E-state index in [9.17, 15) is 13.2 Å². The number of fused-ring (bicyclic) bond motifs is 1. The molecule has 1 heterocycles. The number of aryl methyl sites for hydroxylation is 2. The molecule has 0 bridgehead atoms. The number of sulfonamides is 1. The minimum absolute atomic E-state index is 0.0149. The van der Waals surface area contributed by atoms with Crippen LogP contribution in [0.2, 0.25) is 0 Å². The molecule has 7 nitrogen and oxygen atoms in total. The fourth-order valence-corrected chi connectivity index (χ4v) is 5.35. The second-order valence-corrected chi connectivity index (χ2v) is 9.43. The number of hydrogen-bond acceptors (Lipinski definition) is 6.